The second-order valence-corrected chi connectivity index (χ2v) is 7.98. The molecule has 158 valence electrons. The zero-order valence-electron chi connectivity index (χ0n) is 17.5. The molecular formula is C24H25N5O2. The Balaban J connectivity index is 1.34. The molecule has 7 nitrogen and oxygen atoms in total. The lowest BCUT2D eigenvalue weighted by Crippen LogP contribution is -2.33. The van der Waals surface area contributed by atoms with E-state index >= 15 is 0 Å². The Morgan fingerprint density at radius 3 is 2.77 bits per heavy atom. The third-order valence-corrected chi connectivity index (χ3v) is 5.97. The lowest BCUT2D eigenvalue weighted by Gasteiger charge is -2.19. The second kappa shape index (κ2) is 8.34. The molecule has 3 heterocycles. The number of likely N-dealkylation sites (tertiary alicyclic amines) is 1. The van der Waals surface area contributed by atoms with Crippen molar-refractivity contribution < 1.29 is 9.53 Å². The molecule has 31 heavy (non-hydrogen) atoms. The third-order valence-electron chi connectivity index (χ3n) is 5.97. The van der Waals surface area contributed by atoms with E-state index in [1.165, 1.54) is 0 Å². The molecule has 1 fully saturated rings. The first-order chi connectivity index (χ1) is 15.2. The van der Waals surface area contributed by atoms with Crippen molar-refractivity contribution in [2.45, 2.75) is 38.3 Å². The van der Waals surface area contributed by atoms with Crippen molar-refractivity contribution in [2.75, 3.05) is 19.0 Å². The molecule has 2 aromatic heterocycles. The summed E-state index contributed by atoms with van der Waals surface area (Å²) in [5.41, 5.74) is 4.05. The maximum Gasteiger partial charge on any atom is 0.245 e. The highest BCUT2D eigenvalue weighted by atomic mass is 16.5. The molecule has 0 radical (unpaired) electrons. The SMILES string of the molecule is COc1ccc(CN2CCC(Nc3nc(-c4ccccn4)nc4c3CCC4)C2=O)cc1. The quantitative estimate of drug-likeness (QED) is 0.666. The van der Waals surface area contributed by atoms with Crippen LogP contribution in [0.5, 0.6) is 5.75 Å². The highest BCUT2D eigenvalue weighted by Gasteiger charge is 2.33. The number of hydrogen-bond acceptors (Lipinski definition) is 6. The molecular weight excluding hydrogens is 390 g/mol. The van der Waals surface area contributed by atoms with E-state index in [4.69, 9.17) is 14.7 Å². The van der Waals surface area contributed by atoms with Crippen molar-refractivity contribution >= 4 is 11.7 Å². The number of aryl methyl sites for hydroxylation is 1. The Kier molecular flexibility index (Phi) is 5.24. The van der Waals surface area contributed by atoms with Gasteiger partial charge < -0.3 is 15.0 Å². The monoisotopic (exact) mass is 415 g/mol. The average Bonchev–Trinajstić information content (AvgIpc) is 3.42. The van der Waals surface area contributed by atoms with Gasteiger partial charge in [-0.15, -0.1) is 0 Å². The van der Waals surface area contributed by atoms with Gasteiger partial charge in [-0.3, -0.25) is 9.78 Å². The van der Waals surface area contributed by atoms with E-state index in [1.807, 2.05) is 47.4 Å². The summed E-state index contributed by atoms with van der Waals surface area (Å²) in [4.78, 5) is 28.9. The van der Waals surface area contributed by atoms with E-state index in [0.717, 1.165) is 66.3 Å². The van der Waals surface area contributed by atoms with Gasteiger partial charge in [0.1, 0.15) is 23.3 Å². The zero-order chi connectivity index (χ0) is 21.2. The minimum atomic E-state index is -0.269. The van der Waals surface area contributed by atoms with E-state index in [9.17, 15) is 4.79 Å². The lowest BCUT2D eigenvalue weighted by atomic mass is 10.2. The summed E-state index contributed by atoms with van der Waals surface area (Å²) in [5.74, 6) is 2.33. The van der Waals surface area contributed by atoms with Crippen molar-refractivity contribution in [2.24, 2.45) is 0 Å². The molecule has 0 bridgehead atoms. The largest absolute Gasteiger partial charge is 0.497 e. The topological polar surface area (TPSA) is 80.2 Å². The molecule has 1 atom stereocenters. The number of carbonyl (C=O) groups is 1. The summed E-state index contributed by atoms with van der Waals surface area (Å²) < 4.78 is 5.21. The fourth-order valence-electron chi connectivity index (χ4n) is 4.31. The Morgan fingerprint density at radius 1 is 1.13 bits per heavy atom. The van der Waals surface area contributed by atoms with Crippen molar-refractivity contribution in [3.63, 3.8) is 0 Å². The molecule has 7 heteroatoms. The number of fused-ring (bicyclic) bond motifs is 1. The van der Waals surface area contributed by atoms with Crippen LogP contribution in [0.3, 0.4) is 0 Å². The number of hydrogen-bond donors (Lipinski definition) is 1. The number of carbonyl (C=O) groups excluding carboxylic acids is 1. The van der Waals surface area contributed by atoms with Gasteiger partial charge in [-0.25, -0.2) is 9.97 Å². The van der Waals surface area contributed by atoms with Crippen LogP contribution in [-0.4, -0.2) is 45.5 Å². The normalized spacial score (nSPS) is 17.6. The van der Waals surface area contributed by atoms with Gasteiger partial charge in [-0.2, -0.15) is 0 Å². The number of pyridine rings is 1. The van der Waals surface area contributed by atoms with Crippen LogP contribution in [0.4, 0.5) is 5.82 Å². The maximum absolute atomic E-state index is 13.1. The van der Waals surface area contributed by atoms with Gasteiger partial charge in [0.05, 0.1) is 7.11 Å². The number of amides is 1. The highest BCUT2D eigenvalue weighted by Crippen LogP contribution is 2.30. The zero-order valence-corrected chi connectivity index (χ0v) is 17.5. The first-order valence-corrected chi connectivity index (χ1v) is 10.7. The molecule has 1 aromatic carbocycles. The number of nitrogens with one attached hydrogen (secondary N) is 1. The lowest BCUT2D eigenvalue weighted by molar-refractivity contribution is -0.128. The van der Waals surface area contributed by atoms with Crippen LogP contribution in [0, 0.1) is 0 Å². The first-order valence-electron chi connectivity index (χ1n) is 10.7. The molecule has 1 amide bonds. The summed E-state index contributed by atoms with van der Waals surface area (Å²) >= 11 is 0. The molecule has 0 saturated carbocycles. The Labute approximate surface area is 181 Å². The van der Waals surface area contributed by atoms with E-state index < -0.39 is 0 Å². The Bertz CT molecular complexity index is 1090. The molecule has 2 aliphatic rings. The molecule has 1 aliphatic carbocycles. The van der Waals surface area contributed by atoms with Gasteiger partial charge in [-0.05, 0) is 55.5 Å². The van der Waals surface area contributed by atoms with Crippen LogP contribution < -0.4 is 10.1 Å². The van der Waals surface area contributed by atoms with Crippen LogP contribution in [0.25, 0.3) is 11.5 Å². The number of rotatable bonds is 6. The van der Waals surface area contributed by atoms with Crippen LogP contribution in [-0.2, 0) is 24.2 Å². The molecule has 1 unspecified atom stereocenters. The summed E-state index contributed by atoms with van der Waals surface area (Å²) in [6, 6.07) is 13.3. The molecule has 1 aliphatic heterocycles. The smallest absolute Gasteiger partial charge is 0.245 e. The predicted octanol–water partition coefficient (Wildman–Crippen LogP) is 3.25. The van der Waals surface area contributed by atoms with Crippen molar-refractivity contribution in [1.29, 1.82) is 0 Å². The Morgan fingerprint density at radius 2 is 2.00 bits per heavy atom. The number of nitrogens with zero attached hydrogens (tertiary/aromatic N) is 4. The minimum Gasteiger partial charge on any atom is -0.497 e. The standard InChI is InChI=1S/C24H25N5O2/c1-31-17-10-8-16(9-11-17)15-29-14-12-21(24(29)30)27-22-18-5-4-7-19(18)26-23(28-22)20-6-2-3-13-25-20/h2-3,6,8-11,13,21H,4-5,7,12,14-15H2,1H3,(H,26,27,28). The summed E-state index contributed by atoms with van der Waals surface area (Å²) in [6.07, 6.45) is 5.45. The van der Waals surface area contributed by atoms with Crippen LogP contribution in [0.1, 0.15) is 29.7 Å². The van der Waals surface area contributed by atoms with E-state index in [0.29, 0.717) is 12.4 Å². The fourth-order valence-corrected chi connectivity index (χ4v) is 4.31. The Hall–Kier alpha value is -3.48. The second-order valence-electron chi connectivity index (χ2n) is 7.98. The van der Waals surface area contributed by atoms with E-state index in [-0.39, 0.29) is 11.9 Å². The first kappa shape index (κ1) is 19.5. The van der Waals surface area contributed by atoms with Crippen LogP contribution in [0.15, 0.2) is 48.7 Å². The van der Waals surface area contributed by atoms with Crippen molar-refractivity contribution in [3.05, 3.63) is 65.5 Å². The third kappa shape index (κ3) is 3.95. The molecule has 0 spiro atoms. The number of benzene rings is 1. The molecule has 5 rings (SSSR count). The fraction of sp³-hybridized carbons (Fsp3) is 0.333. The van der Waals surface area contributed by atoms with Gasteiger partial charge in [0.2, 0.25) is 5.91 Å². The van der Waals surface area contributed by atoms with Gasteiger partial charge in [-0.1, -0.05) is 18.2 Å². The number of ether oxygens (including phenoxy) is 1. The number of aromatic nitrogens is 3. The summed E-state index contributed by atoms with van der Waals surface area (Å²) in [7, 11) is 1.65. The van der Waals surface area contributed by atoms with Gasteiger partial charge in [0.15, 0.2) is 5.82 Å². The van der Waals surface area contributed by atoms with Gasteiger partial charge >= 0.3 is 0 Å². The summed E-state index contributed by atoms with van der Waals surface area (Å²) in [5, 5.41) is 3.45. The molecule has 1 N–H and O–H groups in total. The van der Waals surface area contributed by atoms with E-state index in [1.54, 1.807) is 13.3 Å². The number of anilines is 1. The van der Waals surface area contributed by atoms with Crippen molar-refractivity contribution in [1.82, 2.24) is 19.9 Å². The van der Waals surface area contributed by atoms with Crippen LogP contribution in [0.2, 0.25) is 0 Å². The molecule has 1 saturated heterocycles. The minimum absolute atomic E-state index is 0.112. The van der Waals surface area contributed by atoms with Crippen LogP contribution >= 0.6 is 0 Å². The highest BCUT2D eigenvalue weighted by molar-refractivity contribution is 5.86. The van der Waals surface area contributed by atoms with E-state index in [2.05, 4.69) is 10.3 Å². The average molecular weight is 415 g/mol. The predicted molar refractivity (Wildman–Crippen MR) is 118 cm³/mol. The maximum atomic E-state index is 13.1. The van der Waals surface area contributed by atoms with Crippen molar-refractivity contribution in [3.8, 4) is 17.3 Å². The number of methoxy groups -OCH3 is 1. The van der Waals surface area contributed by atoms with Gasteiger partial charge in [0, 0.05) is 30.5 Å². The molecule has 3 aromatic rings. The summed E-state index contributed by atoms with van der Waals surface area (Å²) in [6.45, 7) is 1.32. The van der Waals surface area contributed by atoms with Gasteiger partial charge in [0.25, 0.3) is 0 Å².